The van der Waals surface area contributed by atoms with Crippen molar-refractivity contribution in [1.82, 2.24) is 9.80 Å². The lowest BCUT2D eigenvalue weighted by molar-refractivity contribution is -0.157. The van der Waals surface area contributed by atoms with E-state index in [0.717, 1.165) is 11.1 Å². The number of likely N-dealkylation sites (tertiary alicyclic amines) is 1. The Bertz CT molecular complexity index is 1060. The average molecular weight is 497 g/mol. The van der Waals surface area contributed by atoms with Crippen LogP contribution < -0.4 is 9.47 Å². The van der Waals surface area contributed by atoms with E-state index in [2.05, 4.69) is 0 Å². The van der Waals surface area contributed by atoms with E-state index < -0.39 is 17.4 Å². The van der Waals surface area contributed by atoms with Crippen LogP contribution in [0.1, 0.15) is 38.3 Å². The summed E-state index contributed by atoms with van der Waals surface area (Å²) in [5.41, 5.74) is 1.56. The number of hydrogen-bond acceptors (Lipinski definition) is 6. The Balaban J connectivity index is 1.52. The number of ether oxygens (including phenoxy) is 3. The molecule has 2 aromatic carbocycles. The summed E-state index contributed by atoms with van der Waals surface area (Å²) < 4.78 is 16.0. The van der Waals surface area contributed by atoms with Crippen molar-refractivity contribution < 1.29 is 28.6 Å². The van der Waals surface area contributed by atoms with Gasteiger partial charge in [0.05, 0.1) is 20.1 Å². The molecule has 1 saturated heterocycles. The highest BCUT2D eigenvalue weighted by molar-refractivity contribution is 5.88. The number of amides is 2. The molecule has 0 aliphatic carbocycles. The maximum atomic E-state index is 13.0. The summed E-state index contributed by atoms with van der Waals surface area (Å²) in [4.78, 5) is 41.5. The highest BCUT2D eigenvalue weighted by Crippen LogP contribution is 2.28. The van der Waals surface area contributed by atoms with E-state index in [0.29, 0.717) is 31.0 Å². The Labute approximate surface area is 213 Å². The quantitative estimate of drug-likeness (QED) is 0.469. The molecule has 0 saturated carbocycles. The van der Waals surface area contributed by atoms with Gasteiger partial charge in [0, 0.05) is 31.6 Å². The Morgan fingerprint density at radius 1 is 1.00 bits per heavy atom. The maximum Gasteiger partial charge on any atom is 0.311 e. The number of carbonyl (C=O) groups is 3. The van der Waals surface area contributed by atoms with E-state index in [1.807, 2.05) is 69.3 Å². The molecule has 0 radical (unpaired) electrons. The van der Waals surface area contributed by atoms with Crippen LogP contribution in [0.5, 0.6) is 11.5 Å². The third-order valence-corrected chi connectivity index (χ3v) is 6.30. The van der Waals surface area contributed by atoms with E-state index in [4.69, 9.17) is 14.2 Å². The lowest BCUT2D eigenvalue weighted by Crippen LogP contribution is -2.47. The summed E-state index contributed by atoms with van der Waals surface area (Å²) in [6.07, 6.45) is 0.707. The van der Waals surface area contributed by atoms with Gasteiger partial charge in [0.1, 0.15) is 0 Å². The fourth-order valence-corrected chi connectivity index (χ4v) is 4.24. The number of carbonyl (C=O) groups excluding carboxylic acids is 3. The van der Waals surface area contributed by atoms with Gasteiger partial charge in [-0.2, -0.15) is 0 Å². The molecular formula is C28H36N2O6. The van der Waals surface area contributed by atoms with Crippen molar-refractivity contribution in [2.24, 2.45) is 5.92 Å². The average Bonchev–Trinajstić information content (AvgIpc) is 3.24. The van der Waals surface area contributed by atoms with Crippen molar-refractivity contribution in [3.8, 4) is 11.5 Å². The summed E-state index contributed by atoms with van der Waals surface area (Å²) >= 11 is 0. The summed E-state index contributed by atoms with van der Waals surface area (Å²) in [6.45, 7) is 6.68. The molecule has 0 aromatic heterocycles. The number of hydrogen-bond donors (Lipinski definition) is 0. The molecular weight excluding hydrogens is 460 g/mol. The second-order valence-corrected chi connectivity index (χ2v) is 9.92. The van der Waals surface area contributed by atoms with Gasteiger partial charge in [-0.25, -0.2) is 0 Å². The largest absolute Gasteiger partial charge is 0.493 e. The predicted molar refractivity (Wildman–Crippen MR) is 136 cm³/mol. The first kappa shape index (κ1) is 27.0. The van der Waals surface area contributed by atoms with Crippen molar-refractivity contribution in [3.05, 3.63) is 59.7 Å². The van der Waals surface area contributed by atoms with Gasteiger partial charge in [0.15, 0.2) is 18.1 Å². The van der Waals surface area contributed by atoms with Crippen LogP contribution >= 0.6 is 0 Å². The predicted octanol–water partition coefficient (Wildman–Crippen LogP) is 3.47. The van der Waals surface area contributed by atoms with Gasteiger partial charge >= 0.3 is 5.97 Å². The van der Waals surface area contributed by atoms with E-state index in [1.165, 1.54) is 0 Å². The maximum absolute atomic E-state index is 13.0. The minimum Gasteiger partial charge on any atom is -0.493 e. The van der Waals surface area contributed by atoms with Crippen LogP contribution in [-0.2, 0) is 32.1 Å². The van der Waals surface area contributed by atoms with Crippen LogP contribution in [0.2, 0.25) is 0 Å². The number of rotatable bonds is 10. The molecule has 3 rings (SSSR count). The van der Waals surface area contributed by atoms with Crippen LogP contribution in [0.3, 0.4) is 0 Å². The molecule has 0 spiro atoms. The molecule has 194 valence electrons. The fourth-order valence-electron chi connectivity index (χ4n) is 4.24. The van der Waals surface area contributed by atoms with Gasteiger partial charge in [-0.15, -0.1) is 0 Å². The molecule has 8 nitrogen and oxygen atoms in total. The van der Waals surface area contributed by atoms with Gasteiger partial charge in [-0.1, -0.05) is 36.4 Å². The van der Waals surface area contributed by atoms with E-state index >= 15 is 0 Å². The Hall–Kier alpha value is -3.55. The van der Waals surface area contributed by atoms with Crippen molar-refractivity contribution in [2.75, 3.05) is 33.9 Å². The molecule has 1 atom stereocenters. The minimum atomic E-state index is -0.576. The molecule has 0 bridgehead atoms. The Morgan fingerprint density at radius 2 is 1.69 bits per heavy atom. The number of benzene rings is 2. The molecule has 8 heteroatoms. The highest BCUT2D eigenvalue weighted by atomic mass is 16.5. The molecule has 36 heavy (non-hydrogen) atoms. The molecule has 2 amide bonds. The van der Waals surface area contributed by atoms with Crippen molar-refractivity contribution in [3.63, 3.8) is 0 Å². The van der Waals surface area contributed by atoms with Crippen molar-refractivity contribution in [1.29, 1.82) is 0 Å². The molecule has 0 N–H and O–H groups in total. The molecule has 1 aliphatic rings. The molecule has 1 fully saturated rings. The third-order valence-electron chi connectivity index (χ3n) is 6.30. The lowest BCUT2D eigenvalue weighted by Gasteiger charge is -2.35. The first-order chi connectivity index (χ1) is 17.1. The first-order valence-electron chi connectivity index (χ1n) is 12.1. The van der Waals surface area contributed by atoms with E-state index in [-0.39, 0.29) is 31.4 Å². The lowest BCUT2D eigenvalue weighted by atomic mass is 10.0. The summed E-state index contributed by atoms with van der Waals surface area (Å²) in [7, 11) is 3.16. The van der Waals surface area contributed by atoms with Gasteiger partial charge in [0.25, 0.3) is 5.91 Å². The van der Waals surface area contributed by atoms with Crippen LogP contribution in [0.25, 0.3) is 0 Å². The summed E-state index contributed by atoms with van der Waals surface area (Å²) in [5.74, 6) is -0.180. The van der Waals surface area contributed by atoms with Gasteiger partial charge in [0.2, 0.25) is 5.91 Å². The summed E-state index contributed by atoms with van der Waals surface area (Å²) in [6, 6.07) is 15.3. The topological polar surface area (TPSA) is 85.4 Å². The number of methoxy groups -OCH3 is 2. The van der Waals surface area contributed by atoms with Crippen LogP contribution in [0, 0.1) is 5.92 Å². The SMILES string of the molecule is COc1ccc(CCN2CC(C(=O)OCC(=O)N(Cc3ccccc3)C(C)(C)C)CC2=O)cc1OC. The molecule has 1 unspecified atom stereocenters. The van der Waals surface area contributed by atoms with Crippen molar-refractivity contribution in [2.45, 2.75) is 45.7 Å². The molecule has 1 aliphatic heterocycles. The fraction of sp³-hybridized carbons (Fsp3) is 0.464. The zero-order valence-corrected chi connectivity index (χ0v) is 21.8. The second-order valence-electron chi connectivity index (χ2n) is 9.92. The van der Waals surface area contributed by atoms with Gasteiger partial charge in [-0.05, 0) is 50.5 Å². The van der Waals surface area contributed by atoms with Gasteiger partial charge < -0.3 is 24.0 Å². The van der Waals surface area contributed by atoms with E-state index in [1.54, 1.807) is 24.0 Å². The zero-order chi connectivity index (χ0) is 26.3. The monoisotopic (exact) mass is 496 g/mol. The Morgan fingerprint density at radius 3 is 2.33 bits per heavy atom. The highest BCUT2D eigenvalue weighted by Gasteiger charge is 2.36. The molecule has 1 heterocycles. The Kier molecular flexibility index (Phi) is 8.96. The number of nitrogens with zero attached hydrogens (tertiary/aromatic N) is 2. The third kappa shape index (κ3) is 6.99. The minimum absolute atomic E-state index is 0.0892. The smallest absolute Gasteiger partial charge is 0.311 e. The van der Waals surface area contributed by atoms with Crippen LogP contribution in [0.4, 0.5) is 0 Å². The van der Waals surface area contributed by atoms with Crippen molar-refractivity contribution >= 4 is 17.8 Å². The second kappa shape index (κ2) is 11.9. The molecule has 2 aromatic rings. The zero-order valence-electron chi connectivity index (χ0n) is 21.8. The van der Waals surface area contributed by atoms with Gasteiger partial charge in [-0.3, -0.25) is 14.4 Å². The van der Waals surface area contributed by atoms with Crippen LogP contribution in [-0.4, -0.2) is 67.0 Å². The van der Waals surface area contributed by atoms with Crippen LogP contribution in [0.15, 0.2) is 48.5 Å². The van der Waals surface area contributed by atoms with E-state index in [9.17, 15) is 14.4 Å². The summed E-state index contributed by atoms with van der Waals surface area (Å²) in [5, 5.41) is 0. The normalized spacial score (nSPS) is 15.5. The first-order valence-corrected chi connectivity index (χ1v) is 12.1. The standard InChI is InChI=1S/C28H36N2O6/c1-28(2,3)30(17-21-9-7-6-8-10-21)26(32)19-36-27(33)22-16-25(31)29(18-22)14-13-20-11-12-23(34-4)24(15-20)35-5/h6-12,15,22H,13-14,16-19H2,1-5H3. The number of esters is 1.